The van der Waals surface area contributed by atoms with Gasteiger partial charge in [0.05, 0.1) is 13.0 Å². The van der Waals surface area contributed by atoms with Crippen molar-refractivity contribution in [3.63, 3.8) is 0 Å². The Morgan fingerprint density at radius 2 is 2.29 bits per heavy atom. The van der Waals surface area contributed by atoms with E-state index in [0.29, 0.717) is 6.42 Å². The summed E-state index contributed by atoms with van der Waals surface area (Å²) >= 11 is 0. The van der Waals surface area contributed by atoms with Crippen molar-refractivity contribution >= 4 is 16.9 Å². The van der Waals surface area contributed by atoms with Gasteiger partial charge in [-0.2, -0.15) is 0 Å². The SMILES string of the molecule is COc1ccc2[nH]cc(CC(C)C(=O)O)c2c1. The molecule has 0 fully saturated rings. The minimum Gasteiger partial charge on any atom is -0.497 e. The highest BCUT2D eigenvalue weighted by Crippen LogP contribution is 2.25. The number of benzene rings is 1. The van der Waals surface area contributed by atoms with E-state index in [9.17, 15) is 4.79 Å². The van der Waals surface area contributed by atoms with Gasteiger partial charge in [0.2, 0.25) is 0 Å². The van der Waals surface area contributed by atoms with Gasteiger partial charge in [-0.3, -0.25) is 4.79 Å². The van der Waals surface area contributed by atoms with Crippen molar-refractivity contribution in [2.24, 2.45) is 5.92 Å². The molecule has 0 bridgehead atoms. The summed E-state index contributed by atoms with van der Waals surface area (Å²) in [5.74, 6) is -0.385. The Balaban J connectivity index is 2.37. The Hall–Kier alpha value is -1.97. The summed E-state index contributed by atoms with van der Waals surface area (Å²) in [7, 11) is 1.62. The van der Waals surface area contributed by atoms with Gasteiger partial charge < -0.3 is 14.8 Å². The number of aromatic amines is 1. The number of methoxy groups -OCH3 is 1. The number of fused-ring (bicyclic) bond motifs is 1. The van der Waals surface area contributed by atoms with E-state index in [1.165, 1.54) is 0 Å². The molecule has 4 nitrogen and oxygen atoms in total. The number of ether oxygens (including phenoxy) is 1. The van der Waals surface area contributed by atoms with Crippen molar-refractivity contribution in [1.82, 2.24) is 4.98 Å². The first kappa shape index (κ1) is 11.5. The number of nitrogens with one attached hydrogen (secondary N) is 1. The Morgan fingerprint density at radius 1 is 1.53 bits per heavy atom. The maximum atomic E-state index is 10.8. The zero-order valence-corrected chi connectivity index (χ0v) is 9.86. The van der Waals surface area contributed by atoms with Crippen LogP contribution in [0, 0.1) is 5.92 Å². The van der Waals surface area contributed by atoms with E-state index >= 15 is 0 Å². The summed E-state index contributed by atoms with van der Waals surface area (Å²) in [5.41, 5.74) is 2.01. The van der Waals surface area contributed by atoms with Crippen LogP contribution < -0.4 is 4.74 Å². The molecule has 2 aromatic rings. The predicted octanol–water partition coefficient (Wildman–Crippen LogP) is 2.44. The summed E-state index contributed by atoms with van der Waals surface area (Å²) in [6.07, 6.45) is 2.38. The van der Waals surface area contributed by atoms with Gasteiger partial charge in [0, 0.05) is 17.1 Å². The van der Waals surface area contributed by atoms with Crippen LogP contribution in [0.3, 0.4) is 0 Å². The lowest BCUT2D eigenvalue weighted by atomic mass is 10.0. The summed E-state index contributed by atoms with van der Waals surface area (Å²) in [5, 5.41) is 9.94. The van der Waals surface area contributed by atoms with E-state index in [1.807, 2.05) is 24.4 Å². The maximum absolute atomic E-state index is 10.8. The summed E-state index contributed by atoms with van der Waals surface area (Å²) < 4.78 is 5.17. The van der Waals surface area contributed by atoms with Gasteiger partial charge in [-0.25, -0.2) is 0 Å². The van der Waals surface area contributed by atoms with Gasteiger partial charge in [-0.1, -0.05) is 6.92 Å². The van der Waals surface area contributed by atoms with Crippen LogP contribution in [0.4, 0.5) is 0 Å². The maximum Gasteiger partial charge on any atom is 0.306 e. The molecule has 0 aliphatic heterocycles. The molecule has 2 N–H and O–H groups in total. The van der Waals surface area contributed by atoms with Gasteiger partial charge in [-0.15, -0.1) is 0 Å². The van der Waals surface area contributed by atoms with Crippen LogP contribution in [0.2, 0.25) is 0 Å². The minimum atomic E-state index is -0.776. The van der Waals surface area contributed by atoms with Crippen LogP contribution in [0.25, 0.3) is 10.9 Å². The van der Waals surface area contributed by atoms with E-state index in [1.54, 1.807) is 14.0 Å². The van der Waals surface area contributed by atoms with Crippen LogP contribution in [0.15, 0.2) is 24.4 Å². The fourth-order valence-corrected chi connectivity index (χ4v) is 1.87. The number of H-pyrrole nitrogens is 1. The largest absolute Gasteiger partial charge is 0.497 e. The zero-order chi connectivity index (χ0) is 12.4. The normalized spacial score (nSPS) is 12.6. The molecule has 1 heterocycles. The third-order valence-electron chi connectivity index (χ3n) is 2.92. The number of aromatic nitrogens is 1. The smallest absolute Gasteiger partial charge is 0.306 e. The Labute approximate surface area is 99.2 Å². The van der Waals surface area contributed by atoms with Crippen LogP contribution >= 0.6 is 0 Å². The van der Waals surface area contributed by atoms with E-state index < -0.39 is 5.97 Å². The predicted molar refractivity (Wildman–Crippen MR) is 65.4 cm³/mol. The third-order valence-corrected chi connectivity index (χ3v) is 2.92. The van der Waals surface area contributed by atoms with Crippen molar-refractivity contribution in [2.45, 2.75) is 13.3 Å². The summed E-state index contributed by atoms with van der Waals surface area (Å²) in [4.78, 5) is 14.0. The van der Waals surface area contributed by atoms with Crippen molar-refractivity contribution in [3.05, 3.63) is 30.0 Å². The lowest BCUT2D eigenvalue weighted by molar-refractivity contribution is -0.141. The quantitative estimate of drug-likeness (QED) is 0.852. The molecule has 0 aliphatic rings. The molecule has 0 saturated carbocycles. The number of carbonyl (C=O) groups is 1. The first-order chi connectivity index (χ1) is 8.11. The van der Waals surface area contributed by atoms with Crippen molar-refractivity contribution in [1.29, 1.82) is 0 Å². The molecule has 90 valence electrons. The number of carboxylic acids is 1. The van der Waals surface area contributed by atoms with E-state index in [0.717, 1.165) is 22.2 Å². The molecule has 0 spiro atoms. The van der Waals surface area contributed by atoms with Crippen LogP contribution in [-0.2, 0) is 11.2 Å². The Bertz CT molecular complexity index is 545. The van der Waals surface area contributed by atoms with Crippen molar-refractivity contribution < 1.29 is 14.6 Å². The lowest BCUT2D eigenvalue weighted by Gasteiger charge is -2.05. The molecule has 0 amide bonds. The topological polar surface area (TPSA) is 62.3 Å². The fourth-order valence-electron chi connectivity index (χ4n) is 1.87. The lowest BCUT2D eigenvalue weighted by Crippen LogP contribution is -2.11. The molecule has 1 unspecified atom stereocenters. The van der Waals surface area contributed by atoms with Crippen molar-refractivity contribution in [2.75, 3.05) is 7.11 Å². The first-order valence-corrected chi connectivity index (χ1v) is 5.48. The number of rotatable bonds is 4. The van der Waals surface area contributed by atoms with E-state index in [-0.39, 0.29) is 5.92 Å². The molecule has 0 aliphatic carbocycles. The molecule has 1 aromatic heterocycles. The number of hydrogen-bond acceptors (Lipinski definition) is 2. The number of hydrogen-bond donors (Lipinski definition) is 2. The fraction of sp³-hybridized carbons (Fsp3) is 0.308. The Kier molecular flexibility index (Phi) is 3.04. The average molecular weight is 233 g/mol. The first-order valence-electron chi connectivity index (χ1n) is 5.48. The van der Waals surface area contributed by atoms with E-state index in [2.05, 4.69) is 4.98 Å². The molecular formula is C13H15NO3. The molecule has 0 saturated heterocycles. The second-order valence-corrected chi connectivity index (χ2v) is 4.17. The highest BCUT2D eigenvalue weighted by Gasteiger charge is 2.14. The van der Waals surface area contributed by atoms with Crippen LogP contribution in [0.5, 0.6) is 5.75 Å². The Morgan fingerprint density at radius 3 is 2.94 bits per heavy atom. The van der Waals surface area contributed by atoms with Crippen LogP contribution in [0.1, 0.15) is 12.5 Å². The highest BCUT2D eigenvalue weighted by molar-refractivity contribution is 5.85. The molecule has 4 heteroatoms. The third kappa shape index (κ3) is 2.25. The average Bonchev–Trinajstić information content (AvgIpc) is 2.71. The summed E-state index contributed by atoms with van der Waals surface area (Å²) in [6.45, 7) is 1.71. The van der Waals surface area contributed by atoms with Crippen molar-refractivity contribution in [3.8, 4) is 5.75 Å². The zero-order valence-electron chi connectivity index (χ0n) is 9.86. The second kappa shape index (κ2) is 4.49. The number of aliphatic carboxylic acids is 1. The molecular weight excluding hydrogens is 218 g/mol. The van der Waals surface area contributed by atoms with Gasteiger partial charge in [-0.05, 0) is 30.2 Å². The van der Waals surface area contributed by atoms with E-state index in [4.69, 9.17) is 9.84 Å². The van der Waals surface area contributed by atoms with Gasteiger partial charge in [0.25, 0.3) is 0 Å². The summed E-state index contributed by atoms with van der Waals surface area (Å²) in [6, 6.07) is 5.74. The minimum absolute atomic E-state index is 0.389. The molecule has 1 aromatic carbocycles. The standard InChI is InChI=1S/C13H15NO3/c1-8(13(15)16)5-9-7-14-12-4-3-10(17-2)6-11(9)12/h3-4,6-8,14H,5H2,1-2H3,(H,15,16). The molecule has 0 radical (unpaired) electrons. The number of carboxylic acid groups (broad SMARTS) is 1. The highest BCUT2D eigenvalue weighted by atomic mass is 16.5. The molecule has 2 rings (SSSR count). The monoisotopic (exact) mass is 233 g/mol. The van der Waals surface area contributed by atoms with Gasteiger partial charge >= 0.3 is 5.97 Å². The van der Waals surface area contributed by atoms with Gasteiger partial charge in [0.15, 0.2) is 0 Å². The van der Waals surface area contributed by atoms with Crippen LogP contribution in [-0.4, -0.2) is 23.2 Å². The second-order valence-electron chi connectivity index (χ2n) is 4.17. The molecule has 1 atom stereocenters. The molecule has 17 heavy (non-hydrogen) atoms. The van der Waals surface area contributed by atoms with Gasteiger partial charge in [0.1, 0.15) is 5.75 Å².